The molecule has 0 saturated carbocycles. The second-order valence-electron chi connectivity index (χ2n) is 9.35. The van der Waals surface area contributed by atoms with Gasteiger partial charge in [0.1, 0.15) is 17.9 Å². The molecule has 1 amide bonds. The van der Waals surface area contributed by atoms with E-state index in [4.69, 9.17) is 14.2 Å². The molecule has 3 aromatic heterocycles. The van der Waals surface area contributed by atoms with Gasteiger partial charge in [-0.25, -0.2) is 14.0 Å². The van der Waals surface area contributed by atoms with E-state index in [1.54, 1.807) is 31.2 Å². The lowest BCUT2D eigenvalue weighted by molar-refractivity contribution is -0.137. The molecule has 1 aromatic carbocycles. The highest BCUT2D eigenvalue weighted by atomic mass is 19.1. The maximum Gasteiger partial charge on any atom is 0.413 e. The minimum absolute atomic E-state index is 0.145. The Morgan fingerprint density at radius 3 is 2.73 bits per heavy atom. The fourth-order valence-corrected chi connectivity index (χ4v) is 5.16. The van der Waals surface area contributed by atoms with Gasteiger partial charge in [-0.05, 0) is 44.2 Å². The summed E-state index contributed by atoms with van der Waals surface area (Å²) in [6.07, 6.45) is 2.98. The molecular weight excluding hydrogens is 521 g/mol. The molecule has 2 aliphatic heterocycles. The van der Waals surface area contributed by atoms with E-state index in [-0.39, 0.29) is 42.8 Å². The first kappa shape index (κ1) is 25.3. The number of carbonyl (C=O) groups excluding carboxylic acids is 1. The van der Waals surface area contributed by atoms with E-state index in [0.29, 0.717) is 46.1 Å². The number of rotatable bonds is 4. The van der Waals surface area contributed by atoms with E-state index in [0.717, 1.165) is 4.90 Å². The molecule has 11 nitrogen and oxygen atoms in total. The Labute approximate surface area is 227 Å². The molecule has 4 aromatic rings. The quantitative estimate of drug-likeness (QED) is 0.294. The number of nitrogens with zero attached hydrogens (tertiary/aromatic N) is 5. The standard InChI is InChI=1S/C28H24FN5O6/c1-3-38-24(35)9-5-17-4-6-18(15(2)31-17)19-10-23-27(34-14-30-32-26(19)34)33(28(36)37)11-20-21(29)7-8-22-25(20)16(12-39-22)13-40-23/h4-10,14,16H,3,11-13H2,1-2H3,(H,36,37)/b9-5+/t16-/m0/s1. The first-order valence-corrected chi connectivity index (χ1v) is 12.6. The molecule has 2 aliphatic rings. The summed E-state index contributed by atoms with van der Waals surface area (Å²) in [6, 6.07) is 8.12. The number of halogens is 1. The lowest BCUT2D eigenvalue weighted by Crippen LogP contribution is -2.31. The minimum atomic E-state index is -1.29. The van der Waals surface area contributed by atoms with Crippen LogP contribution in [0.15, 0.2) is 42.7 Å². The third-order valence-corrected chi connectivity index (χ3v) is 6.94. The van der Waals surface area contributed by atoms with Gasteiger partial charge < -0.3 is 19.3 Å². The Morgan fingerprint density at radius 2 is 1.98 bits per heavy atom. The van der Waals surface area contributed by atoms with Gasteiger partial charge in [0.15, 0.2) is 17.2 Å². The van der Waals surface area contributed by atoms with Crippen LogP contribution in [0, 0.1) is 12.7 Å². The fourth-order valence-electron chi connectivity index (χ4n) is 5.16. The topological polar surface area (TPSA) is 128 Å². The Bertz CT molecular complexity index is 1700. The van der Waals surface area contributed by atoms with E-state index >= 15 is 4.39 Å². The van der Waals surface area contributed by atoms with Crippen LogP contribution in [-0.2, 0) is 16.1 Å². The molecule has 0 radical (unpaired) electrons. The Hall–Kier alpha value is -5.00. The number of esters is 1. The SMILES string of the molecule is CCOC(=O)/C=C/c1ccc(-c2cc3c(n4cnnc24)N(C(=O)O)Cc2c(F)ccc4c2[C@@H](CO4)CO3)c(C)n1. The lowest BCUT2D eigenvalue weighted by Gasteiger charge is -2.24. The number of carbonyl (C=O) groups is 2. The third-order valence-electron chi connectivity index (χ3n) is 6.94. The van der Waals surface area contributed by atoms with Gasteiger partial charge in [0.25, 0.3) is 0 Å². The number of pyridine rings is 2. The zero-order valence-corrected chi connectivity index (χ0v) is 21.6. The van der Waals surface area contributed by atoms with Gasteiger partial charge in [-0.15, -0.1) is 10.2 Å². The molecule has 0 unspecified atom stereocenters. The van der Waals surface area contributed by atoms with Crippen LogP contribution in [-0.4, -0.2) is 56.6 Å². The number of hydrogen-bond donors (Lipinski definition) is 1. The van der Waals surface area contributed by atoms with E-state index < -0.39 is 17.9 Å². The zero-order chi connectivity index (χ0) is 28.0. The summed E-state index contributed by atoms with van der Waals surface area (Å²) in [6.45, 7) is 4.00. The number of carboxylic acid groups (broad SMARTS) is 1. The summed E-state index contributed by atoms with van der Waals surface area (Å²) < 4.78 is 33.5. The first-order chi connectivity index (χ1) is 19.4. The van der Waals surface area contributed by atoms with Gasteiger partial charge >= 0.3 is 12.1 Å². The van der Waals surface area contributed by atoms with Gasteiger partial charge in [0.2, 0.25) is 0 Å². The highest BCUT2D eigenvalue weighted by Gasteiger charge is 2.35. The fraction of sp³-hybridized carbons (Fsp3) is 0.250. The Kier molecular flexibility index (Phi) is 6.29. The molecule has 6 rings (SSSR count). The monoisotopic (exact) mass is 545 g/mol. The Balaban J connectivity index is 1.48. The molecule has 1 atom stereocenters. The largest absolute Gasteiger partial charge is 0.493 e. The first-order valence-electron chi connectivity index (χ1n) is 12.6. The normalized spacial score (nSPS) is 16.0. The van der Waals surface area contributed by atoms with Gasteiger partial charge in [-0.1, -0.05) is 6.07 Å². The summed E-state index contributed by atoms with van der Waals surface area (Å²) in [5, 5.41) is 18.6. The molecule has 0 spiro atoms. The van der Waals surface area contributed by atoms with E-state index in [9.17, 15) is 14.7 Å². The molecule has 0 aliphatic carbocycles. The molecular formula is C28H24FN5O6. The second-order valence-corrected chi connectivity index (χ2v) is 9.35. The number of aryl methyl sites for hydroxylation is 1. The Morgan fingerprint density at radius 1 is 1.18 bits per heavy atom. The van der Waals surface area contributed by atoms with Gasteiger partial charge in [0.05, 0.1) is 38.0 Å². The predicted octanol–water partition coefficient (Wildman–Crippen LogP) is 4.37. The van der Waals surface area contributed by atoms with Crippen LogP contribution in [0.4, 0.5) is 15.0 Å². The van der Waals surface area contributed by atoms with Crippen molar-refractivity contribution in [2.75, 3.05) is 24.7 Å². The molecule has 0 bridgehead atoms. The van der Waals surface area contributed by atoms with Crippen molar-refractivity contribution in [1.82, 2.24) is 19.6 Å². The highest BCUT2D eigenvalue weighted by Crippen LogP contribution is 2.43. The summed E-state index contributed by atoms with van der Waals surface area (Å²) in [7, 11) is 0. The number of benzene rings is 1. The molecule has 1 N–H and O–H groups in total. The maximum absolute atomic E-state index is 15.1. The molecule has 0 fully saturated rings. The van der Waals surface area contributed by atoms with E-state index in [1.807, 2.05) is 13.0 Å². The average Bonchev–Trinajstić information content (AvgIpc) is 3.58. The summed E-state index contributed by atoms with van der Waals surface area (Å²) in [5.74, 6) is -0.313. The smallest absolute Gasteiger partial charge is 0.413 e. The van der Waals surface area contributed by atoms with Crippen LogP contribution in [0.3, 0.4) is 0 Å². The number of hydrogen-bond acceptors (Lipinski definition) is 8. The van der Waals surface area contributed by atoms with E-state index in [2.05, 4.69) is 15.2 Å². The molecule has 5 heterocycles. The number of anilines is 1. The van der Waals surface area contributed by atoms with Crippen LogP contribution in [0.25, 0.3) is 22.9 Å². The van der Waals surface area contributed by atoms with Crippen LogP contribution >= 0.6 is 0 Å². The molecule has 12 heteroatoms. The van der Waals surface area contributed by atoms with Crippen molar-refractivity contribution in [3.63, 3.8) is 0 Å². The maximum atomic E-state index is 15.1. The second kappa shape index (κ2) is 9.95. The summed E-state index contributed by atoms with van der Waals surface area (Å²) in [4.78, 5) is 29.9. The van der Waals surface area contributed by atoms with Crippen molar-refractivity contribution in [2.24, 2.45) is 0 Å². The van der Waals surface area contributed by atoms with Gasteiger partial charge in [-0.2, -0.15) is 0 Å². The van der Waals surface area contributed by atoms with E-state index in [1.165, 1.54) is 22.9 Å². The zero-order valence-electron chi connectivity index (χ0n) is 21.6. The summed E-state index contributed by atoms with van der Waals surface area (Å²) in [5.41, 5.74) is 3.74. The van der Waals surface area contributed by atoms with Crippen molar-refractivity contribution in [3.8, 4) is 22.6 Å². The average molecular weight is 546 g/mol. The van der Waals surface area contributed by atoms with Crippen molar-refractivity contribution < 1.29 is 33.3 Å². The lowest BCUT2D eigenvalue weighted by atomic mass is 9.95. The van der Waals surface area contributed by atoms with Crippen LogP contribution in [0.2, 0.25) is 0 Å². The van der Waals surface area contributed by atoms with Crippen LogP contribution in [0.5, 0.6) is 11.5 Å². The third kappa shape index (κ3) is 4.27. The van der Waals surface area contributed by atoms with Crippen molar-refractivity contribution in [3.05, 3.63) is 71.1 Å². The minimum Gasteiger partial charge on any atom is -0.493 e. The number of aromatic nitrogens is 4. The van der Waals surface area contributed by atoms with Gasteiger partial charge in [-0.3, -0.25) is 14.3 Å². The number of amides is 1. The number of fused-ring (bicyclic) bond motifs is 3. The molecule has 40 heavy (non-hydrogen) atoms. The number of ether oxygens (including phenoxy) is 3. The molecule has 204 valence electrons. The van der Waals surface area contributed by atoms with Crippen LogP contribution in [0.1, 0.15) is 35.4 Å². The van der Waals surface area contributed by atoms with Crippen molar-refractivity contribution in [2.45, 2.75) is 26.3 Å². The van der Waals surface area contributed by atoms with Gasteiger partial charge in [0, 0.05) is 34.0 Å². The van der Waals surface area contributed by atoms with Crippen LogP contribution < -0.4 is 14.4 Å². The van der Waals surface area contributed by atoms with Crippen molar-refractivity contribution in [1.29, 1.82) is 0 Å². The van der Waals surface area contributed by atoms with Crippen molar-refractivity contribution >= 4 is 29.6 Å². The summed E-state index contributed by atoms with van der Waals surface area (Å²) >= 11 is 0. The predicted molar refractivity (Wildman–Crippen MR) is 141 cm³/mol. The highest BCUT2D eigenvalue weighted by molar-refractivity contribution is 5.91. The molecule has 0 saturated heterocycles.